The van der Waals surface area contributed by atoms with Gasteiger partial charge in [0.25, 0.3) is 5.91 Å². The van der Waals surface area contributed by atoms with Gasteiger partial charge in [-0.3, -0.25) is 19.4 Å². The van der Waals surface area contributed by atoms with Gasteiger partial charge >= 0.3 is 6.03 Å². The number of hydrogen-bond donors (Lipinski definition) is 1. The number of hydrogen-bond acceptors (Lipinski definition) is 4. The molecule has 0 unspecified atom stereocenters. The van der Waals surface area contributed by atoms with Crippen LogP contribution < -0.4 is 5.32 Å². The third kappa shape index (κ3) is 2.71. The van der Waals surface area contributed by atoms with Crippen LogP contribution in [-0.2, 0) is 9.59 Å². The second-order valence-electron chi connectivity index (χ2n) is 8.56. The molecule has 2 bridgehead atoms. The molecule has 0 aromatic heterocycles. The molecule has 1 aromatic carbocycles. The first-order chi connectivity index (χ1) is 13.5. The lowest BCUT2D eigenvalue weighted by Crippen LogP contribution is -2.61. The number of piperidine rings is 3. The van der Waals surface area contributed by atoms with Gasteiger partial charge in [-0.05, 0) is 44.3 Å². The normalized spacial score (nSPS) is 34.0. The highest BCUT2D eigenvalue weighted by Gasteiger charge is 2.54. The van der Waals surface area contributed by atoms with E-state index in [0.717, 1.165) is 30.8 Å². The van der Waals surface area contributed by atoms with Crippen LogP contribution in [0.1, 0.15) is 29.9 Å². The number of urea groups is 1. The fourth-order valence-corrected chi connectivity index (χ4v) is 5.65. The number of fused-ring (bicyclic) bond motifs is 2. The van der Waals surface area contributed by atoms with Gasteiger partial charge in [-0.2, -0.15) is 0 Å². The van der Waals surface area contributed by atoms with Gasteiger partial charge in [0.1, 0.15) is 6.54 Å². The molecule has 6 rings (SSSR count). The first-order valence-electron chi connectivity index (χ1n) is 10.2. The topological polar surface area (TPSA) is 73.0 Å². The quantitative estimate of drug-likeness (QED) is 0.790. The van der Waals surface area contributed by atoms with Crippen LogP contribution in [-0.4, -0.2) is 77.4 Å². The number of imide groups is 1. The van der Waals surface area contributed by atoms with Gasteiger partial charge in [-0.1, -0.05) is 29.8 Å². The Kier molecular flexibility index (Phi) is 4.16. The Morgan fingerprint density at radius 3 is 2.46 bits per heavy atom. The van der Waals surface area contributed by atoms with Gasteiger partial charge in [0.15, 0.2) is 0 Å². The van der Waals surface area contributed by atoms with Crippen LogP contribution in [0.5, 0.6) is 0 Å². The van der Waals surface area contributed by atoms with Crippen molar-refractivity contribution in [3.63, 3.8) is 0 Å². The Labute approximate surface area is 164 Å². The molecule has 4 amide bonds. The van der Waals surface area contributed by atoms with Crippen molar-refractivity contribution in [1.82, 2.24) is 20.0 Å². The number of carbonyl (C=O) groups is 3. The van der Waals surface area contributed by atoms with Crippen LogP contribution >= 0.6 is 0 Å². The summed E-state index contributed by atoms with van der Waals surface area (Å²) in [5.74, 6) is 0.361. The van der Waals surface area contributed by atoms with Crippen molar-refractivity contribution in [3.05, 3.63) is 35.4 Å². The summed E-state index contributed by atoms with van der Waals surface area (Å²) in [6.45, 7) is 4.78. The van der Waals surface area contributed by atoms with Crippen LogP contribution in [0, 0.1) is 12.8 Å². The molecule has 148 valence electrons. The Balaban J connectivity index is 1.43. The molecular weight excluding hydrogens is 356 g/mol. The zero-order valence-electron chi connectivity index (χ0n) is 16.1. The van der Waals surface area contributed by atoms with Crippen molar-refractivity contribution in [2.75, 3.05) is 32.7 Å². The number of benzene rings is 1. The van der Waals surface area contributed by atoms with Crippen LogP contribution in [0.15, 0.2) is 24.3 Å². The molecule has 7 nitrogen and oxygen atoms in total. The summed E-state index contributed by atoms with van der Waals surface area (Å²) in [5.41, 5.74) is 2.51. The number of rotatable bonds is 3. The maximum atomic E-state index is 13.2. The van der Waals surface area contributed by atoms with Crippen molar-refractivity contribution in [2.24, 2.45) is 5.92 Å². The van der Waals surface area contributed by atoms with E-state index >= 15 is 0 Å². The highest BCUT2D eigenvalue weighted by Crippen LogP contribution is 2.46. The lowest BCUT2D eigenvalue weighted by Gasteiger charge is -2.51. The smallest absolute Gasteiger partial charge is 0.325 e. The maximum absolute atomic E-state index is 13.2. The van der Waals surface area contributed by atoms with Crippen molar-refractivity contribution in [1.29, 1.82) is 0 Å². The Hall–Kier alpha value is -2.41. The van der Waals surface area contributed by atoms with Crippen LogP contribution in [0.2, 0.25) is 0 Å². The van der Waals surface area contributed by atoms with E-state index in [1.165, 1.54) is 11.1 Å². The Bertz CT molecular complexity index is 799. The van der Waals surface area contributed by atoms with Gasteiger partial charge in [0, 0.05) is 18.5 Å². The number of nitrogens with zero attached hydrogens (tertiary/aromatic N) is 3. The molecule has 1 aromatic rings. The highest BCUT2D eigenvalue weighted by atomic mass is 16.2. The summed E-state index contributed by atoms with van der Waals surface area (Å²) >= 11 is 0. The van der Waals surface area contributed by atoms with E-state index in [1.54, 1.807) is 0 Å². The van der Waals surface area contributed by atoms with Crippen molar-refractivity contribution >= 4 is 17.8 Å². The molecular formula is C21H26N4O3. The minimum atomic E-state index is -0.460. The van der Waals surface area contributed by atoms with Crippen LogP contribution in [0.3, 0.4) is 0 Å². The Morgan fingerprint density at radius 2 is 1.82 bits per heavy atom. The zero-order chi connectivity index (χ0) is 19.4. The van der Waals surface area contributed by atoms with E-state index in [0.29, 0.717) is 18.5 Å². The molecule has 3 atom stereocenters. The third-order valence-electron chi connectivity index (χ3n) is 7.05. The second kappa shape index (κ2) is 6.58. The highest BCUT2D eigenvalue weighted by molar-refractivity contribution is 6.04. The molecule has 1 N–H and O–H groups in total. The second-order valence-corrected chi connectivity index (χ2v) is 8.56. The van der Waals surface area contributed by atoms with Crippen LogP contribution in [0.25, 0.3) is 0 Å². The van der Waals surface area contributed by atoms with E-state index in [4.69, 9.17) is 0 Å². The number of aryl methyl sites for hydroxylation is 1. The molecule has 5 aliphatic rings. The predicted molar refractivity (Wildman–Crippen MR) is 103 cm³/mol. The number of likely N-dealkylation sites (tertiary alicyclic amines) is 1. The summed E-state index contributed by atoms with van der Waals surface area (Å²) in [5, 5.41) is 2.50. The summed E-state index contributed by atoms with van der Waals surface area (Å²) in [7, 11) is 0. The largest absolute Gasteiger partial charge is 0.336 e. The van der Waals surface area contributed by atoms with Gasteiger partial charge < -0.3 is 10.2 Å². The summed E-state index contributed by atoms with van der Waals surface area (Å²) in [6, 6.07) is 8.71. The van der Waals surface area contributed by atoms with Gasteiger partial charge in [0.05, 0.1) is 12.6 Å². The molecule has 0 saturated carbocycles. The fraction of sp³-hybridized carbons (Fsp3) is 0.571. The first-order valence-corrected chi connectivity index (χ1v) is 10.2. The lowest BCUT2D eigenvalue weighted by atomic mass is 9.75. The molecule has 7 heteroatoms. The van der Waals surface area contributed by atoms with Gasteiger partial charge in [0.2, 0.25) is 5.91 Å². The standard InChI is InChI=1S/C21H26N4O3/c1-13-2-4-14(5-3-13)16-11-24(18(27)12-25-17(26)10-22-21(25)28)19-15-6-8-23(9-7-15)20(16)19/h2-5,15-16,19-20H,6-12H2,1H3,(H,22,28)/t16-,19+,20+/m0/s1. The summed E-state index contributed by atoms with van der Waals surface area (Å²) in [4.78, 5) is 42.6. The summed E-state index contributed by atoms with van der Waals surface area (Å²) < 4.78 is 0. The average molecular weight is 382 g/mol. The maximum Gasteiger partial charge on any atom is 0.325 e. The van der Waals surface area contributed by atoms with Crippen molar-refractivity contribution in [2.45, 2.75) is 37.8 Å². The molecule has 0 spiro atoms. The molecule has 28 heavy (non-hydrogen) atoms. The minimum Gasteiger partial charge on any atom is -0.336 e. The first kappa shape index (κ1) is 17.7. The molecule has 5 fully saturated rings. The van der Waals surface area contributed by atoms with Crippen LogP contribution in [0.4, 0.5) is 4.79 Å². The SMILES string of the molecule is Cc1ccc([C@@H]2CN(C(=O)CN3C(=O)CNC3=O)[C@@H]3C4CCN(CC4)[C@@H]32)cc1. The van der Waals surface area contributed by atoms with E-state index < -0.39 is 6.03 Å². The van der Waals surface area contributed by atoms with E-state index in [-0.39, 0.29) is 36.9 Å². The third-order valence-corrected chi connectivity index (χ3v) is 7.05. The van der Waals surface area contributed by atoms with Crippen molar-refractivity contribution in [3.8, 4) is 0 Å². The number of carbonyl (C=O) groups excluding carboxylic acids is 3. The summed E-state index contributed by atoms with van der Waals surface area (Å²) in [6.07, 6.45) is 2.24. The van der Waals surface area contributed by atoms with E-state index in [1.807, 2.05) is 4.90 Å². The molecule has 0 aliphatic carbocycles. The molecule has 5 saturated heterocycles. The minimum absolute atomic E-state index is 0.0133. The lowest BCUT2D eigenvalue weighted by molar-refractivity contribution is -0.140. The van der Waals surface area contributed by atoms with Crippen molar-refractivity contribution < 1.29 is 14.4 Å². The Morgan fingerprint density at radius 1 is 1.11 bits per heavy atom. The average Bonchev–Trinajstić information content (AvgIpc) is 3.27. The number of nitrogens with one attached hydrogen (secondary N) is 1. The zero-order valence-corrected chi connectivity index (χ0v) is 16.1. The predicted octanol–water partition coefficient (Wildman–Crippen LogP) is 0.935. The van der Waals surface area contributed by atoms with Gasteiger partial charge in [-0.15, -0.1) is 0 Å². The van der Waals surface area contributed by atoms with Gasteiger partial charge in [-0.25, -0.2) is 4.79 Å². The fourth-order valence-electron chi connectivity index (χ4n) is 5.65. The van der Waals surface area contributed by atoms with E-state index in [2.05, 4.69) is 41.4 Å². The molecule has 0 radical (unpaired) electrons. The monoisotopic (exact) mass is 382 g/mol. The molecule has 5 heterocycles. The number of amides is 4. The molecule has 5 aliphatic heterocycles. The van der Waals surface area contributed by atoms with E-state index in [9.17, 15) is 14.4 Å².